The number of aromatic hydroxyl groups is 1. The number of aliphatic hydroxyl groups excluding tert-OH is 1. The molecule has 0 saturated heterocycles. The van der Waals surface area contributed by atoms with Gasteiger partial charge in [-0.05, 0) is 18.1 Å². The van der Waals surface area contributed by atoms with Crippen LogP contribution < -0.4 is 10.5 Å². The summed E-state index contributed by atoms with van der Waals surface area (Å²) < 4.78 is 5.78. The molecule has 0 aliphatic heterocycles. The van der Waals surface area contributed by atoms with Gasteiger partial charge in [0.1, 0.15) is 0 Å². The van der Waals surface area contributed by atoms with Gasteiger partial charge in [0.15, 0.2) is 11.5 Å². The van der Waals surface area contributed by atoms with Gasteiger partial charge in [0, 0.05) is 10.0 Å². The first-order valence-corrected chi connectivity index (χ1v) is 6.17. The Hall–Kier alpha value is -0.780. The molecule has 0 radical (unpaired) electrons. The lowest BCUT2D eigenvalue weighted by Gasteiger charge is -2.24. The van der Waals surface area contributed by atoms with Crippen molar-refractivity contribution in [3.05, 3.63) is 22.2 Å². The van der Waals surface area contributed by atoms with Crippen LogP contribution in [0.2, 0.25) is 0 Å². The molecule has 0 spiro atoms. The van der Waals surface area contributed by atoms with E-state index in [9.17, 15) is 10.2 Å². The standard InChI is InChI=1S/C12H18BrNO3/c1-6(2)11(15)10(14)8-4-7(13)5-9(17-3)12(8)16/h4-6,10-11,15-16H,14H2,1-3H3/t10-,11+/m1/s1. The first-order chi connectivity index (χ1) is 7.88. The average Bonchev–Trinajstić information content (AvgIpc) is 2.29. The van der Waals surface area contributed by atoms with Crippen LogP contribution in [0.25, 0.3) is 0 Å². The van der Waals surface area contributed by atoms with Crippen LogP contribution in [-0.2, 0) is 0 Å². The quantitative estimate of drug-likeness (QED) is 0.797. The van der Waals surface area contributed by atoms with E-state index in [0.717, 1.165) is 4.47 Å². The molecule has 0 amide bonds. The largest absolute Gasteiger partial charge is 0.504 e. The molecular weight excluding hydrogens is 286 g/mol. The Labute approximate surface area is 110 Å². The first kappa shape index (κ1) is 14.3. The predicted octanol–water partition coefficient (Wildman–Crippen LogP) is 2.18. The van der Waals surface area contributed by atoms with Gasteiger partial charge in [-0.25, -0.2) is 0 Å². The number of rotatable bonds is 4. The zero-order chi connectivity index (χ0) is 13.2. The molecule has 0 heterocycles. The molecule has 0 bridgehead atoms. The summed E-state index contributed by atoms with van der Waals surface area (Å²) in [6.45, 7) is 3.74. The smallest absolute Gasteiger partial charge is 0.162 e. The lowest BCUT2D eigenvalue weighted by molar-refractivity contribution is 0.0968. The van der Waals surface area contributed by atoms with Gasteiger partial charge in [-0.15, -0.1) is 0 Å². The van der Waals surface area contributed by atoms with Gasteiger partial charge in [-0.1, -0.05) is 29.8 Å². The SMILES string of the molecule is COc1cc(Br)cc([C@@H](N)[C@@H](O)C(C)C)c1O. The summed E-state index contributed by atoms with van der Waals surface area (Å²) in [7, 11) is 1.47. The maximum absolute atomic E-state index is 9.98. The van der Waals surface area contributed by atoms with E-state index in [1.807, 2.05) is 13.8 Å². The molecule has 96 valence electrons. The minimum absolute atomic E-state index is 0.00868. The lowest BCUT2D eigenvalue weighted by atomic mass is 9.94. The van der Waals surface area contributed by atoms with Crippen LogP contribution >= 0.6 is 15.9 Å². The van der Waals surface area contributed by atoms with Crippen molar-refractivity contribution in [2.45, 2.75) is 26.0 Å². The van der Waals surface area contributed by atoms with Gasteiger partial charge in [0.05, 0.1) is 19.3 Å². The fourth-order valence-electron chi connectivity index (χ4n) is 1.60. The van der Waals surface area contributed by atoms with Crippen LogP contribution in [-0.4, -0.2) is 23.4 Å². The van der Waals surface area contributed by atoms with E-state index in [1.165, 1.54) is 7.11 Å². The third kappa shape index (κ3) is 3.12. The molecule has 4 nitrogen and oxygen atoms in total. The molecule has 1 rings (SSSR count). The number of halogens is 1. The number of hydrogen-bond acceptors (Lipinski definition) is 4. The van der Waals surface area contributed by atoms with Crippen molar-refractivity contribution in [3.8, 4) is 11.5 Å². The van der Waals surface area contributed by atoms with Crippen molar-refractivity contribution < 1.29 is 14.9 Å². The zero-order valence-electron chi connectivity index (χ0n) is 10.1. The Morgan fingerprint density at radius 3 is 2.41 bits per heavy atom. The molecule has 4 N–H and O–H groups in total. The van der Waals surface area contributed by atoms with Crippen LogP contribution in [0.5, 0.6) is 11.5 Å². The van der Waals surface area contributed by atoms with E-state index in [1.54, 1.807) is 12.1 Å². The molecule has 2 atom stereocenters. The van der Waals surface area contributed by atoms with Gasteiger partial charge in [0.2, 0.25) is 0 Å². The Balaban J connectivity index is 3.17. The number of aliphatic hydroxyl groups is 1. The number of phenols is 1. The minimum Gasteiger partial charge on any atom is -0.504 e. The van der Waals surface area contributed by atoms with E-state index in [4.69, 9.17) is 10.5 Å². The molecule has 0 aliphatic carbocycles. The number of hydrogen-bond donors (Lipinski definition) is 3. The first-order valence-electron chi connectivity index (χ1n) is 5.38. The Morgan fingerprint density at radius 2 is 1.94 bits per heavy atom. The normalized spacial score (nSPS) is 14.8. The van der Waals surface area contributed by atoms with E-state index < -0.39 is 12.1 Å². The van der Waals surface area contributed by atoms with Crippen molar-refractivity contribution in [1.29, 1.82) is 0 Å². The number of ether oxygens (including phenoxy) is 1. The second kappa shape index (κ2) is 5.71. The van der Waals surface area contributed by atoms with Gasteiger partial charge in [0.25, 0.3) is 0 Å². The highest BCUT2D eigenvalue weighted by atomic mass is 79.9. The van der Waals surface area contributed by atoms with Crippen molar-refractivity contribution in [2.75, 3.05) is 7.11 Å². The average molecular weight is 304 g/mol. The summed E-state index contributed by atoms with van der Waals surface area (Å²) in [6, 6.07) is 2.68. The molecule has 1 aromatic rings. The molecule has 0 fully saturated rings. The summed E-state index contributed by atoms with van der Waals surface area (Å²) in [4.78, 5) is 0. The summed E-state index contributed by atoms with van der Waals surface area (Å²) in [5.74, 6) is 0.318. The van der Waals surface area contributed by atoms with E-state index in [-0.39, 0.29) is 11.7 Å². The Bertz CT molecular complexity index is 396. The highest BCUT2D eigenvalue weighted by Gasteiger charge is 2.24. The van der Waals surface area contributed by atoms with Gasteiger partial charge >= 0.3 is 0 Å². The Kier molecular flexibility index (Phi) is 4.80. The molecule has 0 aliphatic rings. The van der Waals surface area contributed by atoms with Crippen molar-refractivity contribution in [2.24, 2.45) is 11.7 Å². The predicted molar refractivity (Wildman–Crippen MR) is 70.1 cm³/mol. The molecule has 5 heteroatoms. The maximum Gasteiger partial charge on any atom is 0.162 e. The van der Waals surface area contributed by atoms with E-state index >= 15 is 0 Å². The monoisotopic (exact) mass is 303 g/mol. The molecule has 17 heavy (non-hydrogen) atoms. The summed E-state index contributed by atoms with van der Waals surface area (Å²) in [5.41, 5.74) is 6.42. The van der Waals surface area contributed by atoms with Crippen LogP contribution in [0.15, 0.2) is 16.6 Å². The zero-order valence-corrected chi connectivity index (χ0v) is 11.7. The lowest BCUT2D eigenvalue weighted by Crippen LogP contribution is -2.30. The Morgan fingerprint density at radius 1 is 1.35 bits per heavy atom. The highest BCUT2D eigenvalue weighted by molar-refractivity contribution is 9.10. The summed E-state index contributed by atoms with van der Waals surface area (Å²) in [5, 5.41) is 19.9. The minimum atomic E-state index is -0.722. The van der Waals surface area contributed by atoms with Gasteiger partial charge in [-0.3, -0.25) is 0 Å². The molecule has 1 aromatic carbocycles. The van der Waals surface area contributed by atoms with E-state index in [2.05, 4.69) is 15.9 Å². The number of nitrogens with two attached hydrogens (primary N) is 1. The van der Waals surface area contributed by atoms with E-state index in [0.29, 0.717) is 11.3 Å². The topological polar surface area (TPSA) is 75.7 Å². The number of methoxy groups -OCH3 is 1. The third-order valence-electron chi connectivity index (χ3n) is 2.70. The van der Waals surface area contributed by atoms with Gasteiger partial charge in [-0.2, -0.15) is 0 Å². The van der Waals surface area contributed by atoms with Crippen LogP contribution in [0, 0.1) is 5.92 Å². The molecule has 0 saturated carbocycles. The molecular formula is C12H18BrNO3. The van der Waals surface area contributed by atoms with Crippen LogP contribution in [0.4, 0.5) is 0 Å². The number of benzene rings is 1. The fourth-order valence-corrected chi connectivity index (χ4v) is 2.06. The maximum atomic E-state index is 9.98. The summed E-state index contributed by atoms with van der Waals surface area (Å²) >= 11 is 3.31. The van der Waals surface area contributed by atoms with Gasteiger partial charge < -0.3 is 20.7 Å². The highest BCUT2D eigenvalue weighted by Crippen LogP contribution is 2.37. The van der Waals surface area contributed by atoms with Crippen LogP contribution in [0.3, 0.4) is 0 Å². The fraction of sp³-hybridized carbons (Fsp3) is 0.500. The van der Waals surface area contributed by atoms with Crippen molar-refractivity contribution in [3.63, 3.8) is 0 Å². The van der Waals surface area contributed by atoms with Crippen molar-refractivity contribution in [1.82, 2.24) is 0 Å². The summed E-state index contributed by atoms with van der Waals surface area (Å²) in [6.07, 6.45) is -0.722. The second-order valence-electron chi connectivity index (χ2n) is 4.31. The van der Waals surface area contributed by atoms with Crippen molar-refractivity contribution >= 4 is 15.9 Å². The third-order valence-corrected chi connectivity index (χ3v) is 3.16. The second-order valence-corrected chi connectivity index (χ2v) is 5.22. The molecule has 0 unspecified atom stereocenters. The molecule has 0 aromatic heterocycles. The van der Waals surface area contributed by atoms with Crippen LogP contribution in [0.1, 0.15) is 25.5 Å². The number of phenolic OH excluding ortho intramolecular Hbond substituents is 1.